The summed E-state index contributed by atoms with van der Waals surface area (Å²) in [5, 5.41) is 2.03. The van der Waals surface area contributed by atoms with Gasteiger partial charge in [-0.15, -0.1) is 0 Å². The van der Waals surface area contributed by atoms with Crippen molar-refractivity contribution in [2.45, 2.75) is 64.7 Å². The topological polar surface area (TPSA) is 78.6 Å². The Balaban J connectivity index is 1.31. The van der Waals surface area contributed by atoms with E-state index in [-0.39, 0.29) is 5.97 Å². The molecule has 0 aliphatic carbocycles. The predicted molar refractivity (Wildman–Crippen MR) is 152 cm³/mol. The van der Waals surface area contributed by atoms with Crippen LogP contribution in [0.4, 0.5) is 0 Å². The average molecular weight is 524 g/mol. The van der Waals surface area contributed by atoms with Crippen molar-refractivity contribution < 1.29 is 18.7 Å². The molecule has 1 unspecified atom stereocenters. The van der Waals surface area contributed by atoms with Gasteiger partial charge in [-0.1, -0.05) is 84.4 Å². The van der Waals surface area contributed by atoms with Crippen LogP contribution < -0.4 is 15.7 Å². The lowest BCUT2D eigenvalue weighted by Crippen LogP contribution is -2.05. The second-order valence-electron chi connectivity index (χ2n) is 9.27. The summed E-state index contributed by atoms with van der Waals surface area (Å²) >= 11 is 0. The highest BCUT2D eigenvalue weighted by atomic mass is 31.1. The number of hydrogen-bond donors (Lipinski definition) is 0. The third kappa shape index (κ3) is 9.44. The van der Waals surface area contributed by atoms with Gasteiger partial charge in [-0.2, -0.15) is 4.98 Å². The van der Waals surface area contributed by atoms with E-state index in [2.05, 4.69) is 18.2 Å². The molecule has 2 aromatic heterocycles. The molecule has 1 aromatic carbocycles. The van der Waals surface area contributed by atoms with Crippen LogP contribution in [0.15, 0.2) is 63.8 Å². The number of nitrogens with zero attached hydrogens (tertiary/aromatic N) is 1. The molecule has 0 saturated heterocycles. The lowest BCUT2D eigenvalue weighted by atomic mass is 10.1. The Morgan fingerprint density at radius 1 is 0.919 bits per heavy atom. The molecule has 3 aromatic rings. The molecule has 0 radical (unpaired) electrons. The van der Waals surface area contributed by atoms with Gasteiger partial charge in [-0.05, 0) is 49.4 Å². The van der Waals surface area contributed by atoms with E-state index in [1.165, 1.54) is 37.4 Å². The summed E-state index contributed by atoms with van der Waals surface area (Å²) < 4.78 is 16.4. The SMILES string of the molecule is C=C(C)C(=O)OCCCCCCCCCCCOc1ccc2cc(-c3ccc(PC)cc3)c(=O)oc2n1. The van der Waals surface area contributed by atoms with E-state index < -0.39 is 5.63 Å². The lowest BCUT2D eigenvalue weighted by Gasteiger charge is -2.07. The lowest BCUT2D eigenvalue weighted by molar-refractivity contribution is -0.139. The molecule has 0 N–H and O–H groups in total. The molecule has 2 heterocycles. The fourth-order valence-corrected chi connectivity index (χ4v) is 4.49. The van der Waals surface area contributed by atoms with Gasteiger partial charge in [-0.3, -0.25) is 0 Å². The maximum absolute atomic E-state index is 12.6. The number of esters is 1. The second kappa shape index (κ2) is 15.3. The first-order valence-electron chi connectivity index (χ1n) is 13.2. The van der Waals surface area contributed by atoms with Gasteiger partial charge in [0, 0.05) is 17.0 Å². The normalized spacial score (nSPS) is 11.3. The van der Waals surface area contributed by atoms with E-state index in [0.717, 1.165) is 45.2 Å². The van der Waals surface area contributed by atoms with E-state index in [1.807, 2.05) is 42.5 Å². The number of hydrogen-bond acceptors (Lipinski definition) is 6. The van der Waals surface area contributed by atoms with Crippen LogP contribution in [0.3, 0.4) is 0 Å². The van der Waals surface area contributed by atoms with E-state index in [1.54, 1.807) is 6.92 Å². The highest BCUT2D eigenvalue weighted by Gasteiger charge is 2.10. The Hall–Kier alpha value is -2.98. The van der Waals surface area contributed by atoms with Crippen LogP contribution in [-0.4, -0.2) is 30.8 Å². The molecule has 0 fully saturated rings. The van der Waals surface area contributed by atoms with Crippen molar-refractivity contribution in [1.82, 2.24) is 4.98 Å². The second-order valence-corrected chi connectivity index (χ2v) is 10.3. The van der Waals surface area contributed by atoms with Gasteiger partial charge in [0.25, 0.3) is 0 Å². The summed E-state index contributed by atoms with van der Waals surface area (Å²) in [7, 11) is 0.722. The standard InChI is InChI=1S/C30H38NO5P/c1-22(2)29(32)35-20-12-10-8-6-4-5-7-9-11-19-34-27-18-15-24-21-26(30(33)36-28(24)31-27)23-13-16-25(37-3)17-14-23/h13-18,21,37H,1,4-12,19-20H2,2-3H3. The van der Waals surface area contributed by atoms with Crippen molar-refractivity contribution in [1.29, 1.82) is 0 Å². The third-order valence-electron chi connectivity index (χ3n) is 6.18. The zero-order valence-corrected chi connectivity index (χ0v) is 23.0. The fraction of sp³-hybridized carbons (Fsp3) is 0.433. The highest BCUT2D eigenvalue weighted by Crippen LogP contribution is 2.22. The maximum Gasteiger partial charge on any atom is 0.345 e. The molecule has 7 heteroatoms. The monoisotopic (exact) mass is 523 g/mol. The van der Waals surface area contributed by atoms with Gasteiger partial charge in [0.05, 0.1) is 18.8 Å². The molecule has 0 spiro atoms. The smallest absolute Gasteiger partial charge is 0.345 e. The minimum absolute atomic E-state index is 0.296. The summed E-state index contributed by atoms with van der Waals surface area (Å²) in [5.41, 5.74) is 1.75. The zero-order valence-electron chi connectivity index (χ0n) is 22.0. The van der Waals surface area contributed by atoms with Crippen molar-refractivity contribution in [2.24, 2.45) is 0 Å². The van der Waals surface area contributed by atoms with E-state index in [0.29, 0.717) is 35.9 Å². The van der Waals surface area contributed by atoms with Crippen LogP contribution in [0.5, 0.6) is 5.88 Å². The zero-order chi connectivity index (χ0) is 26.5. The van der Waals surface area contributed by atoms with Gasteiger partial charge in [0.2, 0.25) is 11.6 Å². The van der Waals surface area contributed by atoms with Gasteiger partial charge in [0.15, 0.2) is 0 Å². The summed E-state index contributed by atoms with van der Waals surface area (Å²) in [5.74, 6) is 0.181. The van der Waals surface area contributed by atoms with Crippen molar-refractivity contribution in [2.75, 3.05) is 19.9 Å². The number of aromatic nitrogens is 1. The highest BCUT2D eigenvalue weighted by molar-refractivity contribution is 7.46. The first-order chi connectivity index (χ1) is 18.0. The molecule has 0 aliphatic heterocycles. The summed E-state index contributed by atoms with van der Waals surface area (Å²) in [6.07, 6.45) is 10.1. The maximum atomic E-state index is 12.6. The Morgan fingerprint density at radius 3 is 2.16 bits per heavy atom. The molecule has 0 bridgehead atoms. The number of carbonyl (C=O) groups is 1. The van der Waals surface area contributed by atoms with Gasteiger partial charge in [0.1, 0.15) is 0 Å². The van der Waals surface area contributed by atoms with Gasteiger partial charge >= 0.3 is 11.6 Å². The van der Waals surface area contributed by atoms with Crippen molar-refractivity contribution >= 4 is 31.0 Å². The molecular formula is C30H38NO5P. The number of carbonyl (C=O) groups excluding carboxylic acids is 1. The summed E-state index contributed by atoms with van der Waals surface area (Å²) in [6.45, 7) is 8.45. The number of fused-ring (bicyclic) bond motifs is 1. The van der Waals surface area contributed by atoms with Crippen molar-refractivity contribution in [3.8, 4) is 17.0 Å². The van der Waals surface area contributed by atoms with Crippen molar-refractivity contribution in [3.05, 3.63) is 65.0 Å². The molecule has 0 saturated carbocycles. The molecular weight excluding hydrogens is 485 g/mol. The van der Waals surface area contributed by atoms with Gasteiger partial charge < -0.3 is 13.9 Å². The average Bonchev–Trinajstić information content (AvgIpc) is 2.90. The Morgan fingerprint density at radius 2 is 1.54 bits per heavy atom. The van der Waals surface area contributed by atoms with Crippen LogP contribution in [0.25, 0.3) is 22.2 Å². The molecule has 3 rings (SSSR count). The predicted octanol–water partition coefficient (Wildman–Crippen LogP) is 6.80. The van der Waals surface area contributed by atoms with E-state index in [9.17, 15) is 9.59 Å². The Kier molecular flexibility index (Phi) is 11.8. The van der Waals surface area contributed by atoms with E-state index >= 15 is 0 Å². The largest absolute Gasteiger partial charge is 0.478 e. The van der Waals surface area contributed by atoms with E-state index in [4.69, 9.17) is 13.9 Å². The molecule has 0 amide bonds. The number of benzene rings is 1. The number of ether oxygens (including phenoxy) is 2. The van der Waals surface area contributed by atoms with Crippen LogP contribution >= 0.6 is 8.58 Å². The first kappa shape index (κ1) is 28.6. The minimum Gasteiger partial charge on any atom is -0.478 e. The van der Waals surface area contributed by atoms with Gasteiger partial charge in [-0.25, -0.2) is 9.59 Å². The first-order valence-corrected chi connectivity index (χ1v) is 14.7. The van der Waals surface area contributed by atoms with Crippen LogP contribution in [0.2, 0.25) is 0 Å². The Labute approximate surface area is 221 Å². The fourth-order valence-electron chi connectivity index (χ4n) is 3.99. The van der Waals surface area contributed by atoms with Crippen LogP contribution in [0, 0.1) is 0 Å². The number of pyridine rings is 1. The molecule has 37 heavy (non-hydrogen) atoms. The molecule has 198 valence electrons. The molecule has 0 aliphatic rings. The Bertz CT molecular complexity index is 1220. The molecule has 1 atom stereocenters. The number of rotatable bonds is 16. The summed E-state index contributed by atoms with van der Waals surface area (Å²) in [6, 6.07) is 13.6. The van der Waals surface area contributed by atoms with Crippen LogP contribution in [0.1, 0.15) is 64.7 Å². The van der Waals surface area contributed by atoms with Crippen LogP contribution in [-0.2, 0) is 9.53 Å². The number of unbranched alkanes of at least 4 members (excludes halogenated alkanes) is 8. The third-order valence-corrected chi connectivity index (χ3v) is 7.09. The molecule has 6 nitrogen and oxygen atoms in total. The van der Waals surface area contributed by atoms with Crippen molar-refractivity contribution in [3.63, 3.8) is 0 Å². The minimum atomic E-state index is -0.393. The summed E-state index contributed by atoms with van der Waals surface area (Å²) in [4.78, 5) is 28.2. The quantitative estimate of drug-likeness (QED) is 0.0889.